The quantitative estimate of drug-likeness (QED) is 0.866. The standard InChI is InChI=1S/C20H22N2O2/c23-20-15-24-19-14-21(11-16-7-3-1-4-8-16)13-18(19)22(20)12-17-9-5-2-6-10-17/h1-10,18-19H,11-15H2/t18-,19+/m1/s1. The Bertz CT molecular complexity index is 689. The number of fused-ring (bicyclic) bond motifs is 1. The Morgan fingerprint density at radius 2 is 1.50 bits per heavy atom. The van der Waals surface area contributed by atoms with Gasteiger partial charge in [0.15, 0.2) is 0 Å². The van der Waals surface area contributed by atoms with Gasteiger partial charge in [-0.05, 0) is 11.1 Å². The molecule has 0 aliphatic carbocycles. The van der Waals surface area contributed by atoms with Crippen molar-refractivity contribution in [2.75, 3.05) is 19.7 Å². The number of morpholine rings is 1. The summed E-state index contributed by atoms with van der Waals surface area (Å²) in [5.41, 5.74) is 2.48. The van der Waals surface area contributed by atoms with Crippen LogP contribution in [0.4, 0.5) is 0 Å². The van der Waals surface area contributed by atoms with Gasteiger partial charge in [-0.2, -0.15) is 0 Å². The van der Waals surface area contributed by atoms with Crippen molar-refractivity contribution >= 4 is 5.91 Å². The van der Waals surface area contributed by atoms with Crippen molar-refractivity contribution in [1.82, 2.24) is 9.80 Å². The largest absolute Gasteiger partial charge is 0.365 e. The van der Waals surface area contributed by atoms with E-state index in [1.807, 2.05) is 29.2 Å². The molecular formula is C20H22N2O2. The van der Waals surface area contributed by atoms with Gasteiger partial charge in [0.05, 0.1) is 12.1 Å². The van der Waals surface area contributed by atoms with Crippen LogP contribution in [0.2, 0.25) is 0 Å². The van der Waals surface area contributed by atoms with Crippen molar-refractivity contribution in [2.24, 2.45) is 0 Å². The lowest BCUT2D eigenvalue weighted by molar-refractivity contribution is -0.153. The fraction of sp³-hybridized carbons (Fsp3) is 0.350. The van der Waals surface area contributed by atoms with Crippen LogP contribution in [0.5, 0.6) is 0 Å². The Labute approximate surface area is 142 Å². The minimum absolute atomic E-state index is 0.0988. The van der Waals surface area contributed by atoms with Gasteiger partial charge >= 0.3 is 0 Å². The monoisotopic (exact) mass is 322 g/mol. The molecule has 2 aromatic rings. The molecular weight excluding hydrogens is 300 g/mol. The predicted octanol–water partition coefficient (Wildman–Crippen LogP) is 2.30. The average Bonchev–Trinajstić information content (AvgIpc) is 3.02. The molecule has 0 aromatic heterocycles. The number of carbonyl (C=O) groups excluding carboxylic acids is 1. The topological polar surface area (TPSA) is 32.8 Å². The summed E-state index contributed by atoms with van der Waals surface area (Å²) in [6, 6.07) is 20.8. The Balaban J connectivity index is 1.47. The van der Waals surface area contributed by atoms with E-state index in [1.54, 1.807) is 0 Å². The first-order chi connectivity index (χ1) is 11.8. The number of hydrogen-bond donors (Lipinski definition) is 0. The Hall–Kier alpha value is -2.17. The summed E-state index contributed by atoms with van der Waals surface area (Å²) in [7, 11) is 0. The zero-order valence-electron chi connectivity index (χ0n) is 13.7. The van der Waals surface area contributed by atoms with E-state index in [0.717, 1.165) is 19.6 Å². The molecule has 4 rings (SSSR count). The lowest BCUT2D eigenvalue weighted by Gasteiger charge is -2.36. The van der Waals surface area contributed by atoms with E-state index >= 15 is 0 Å². The molecule has 0 radical (unpaired) electrons. The maximum Gasteiger partial charge on any atom is 0.249 e. The van der Waals surface area contributed by atoms with Crippen LogP contribution in [0.3, 0.4) is 0 Å². The van der Waals surface area contributed by atoms with Crippen molar-refractivity contribution in [1.29, 1.82) is 0 Å². The molecule has 0 N–H and O–H groups in total. The van der Waals surface area contributed by atoms with Crippen molar-refractivity contribution in [3.8, 4) is 0 Å². The Morgan fingerprint density at radius 1 is 0.875 bits per heavy atom. The van der Waals surface area contributed by atoms with Crippen LogP contribution < -0.4 is 0 Å². The minimum atomic E-state index is 0.0988. The predicted molar refractivity (Wildman–Crippen MR) is 92.2 cm³/mol. The second-order valence-corrected chi connectivity index (χ2v) is 6.60. The van der Waals surface area contributed by atoms with Crippen molar-refractivity contribution < 1.29 is 9.53 Å². The molecule has 2 aromatic carbocycles. The molecule has 2 heterocycles. The van der Waals surface area contributed by atoms with Crippen LogP contribution in [0, 0.1) is 0 Å². The highest BCUT2D eigenvalue weighted by molar-refractivity contribution is 5.78. The highest BCUT2D eigenvalue weighted by atomic mass is 16.5. The SMILES string of the molecule is O=C1CO[C@H]2CN(Cc3ccccc3)C[C@H]2N1Cc1ccccc1. The van der Waals surface area contributed by atoms with Crippen molar-refractivity contribution in [3.05, 3.63) is 71.8 Å². The molecule has 1 amide bonds. The van der Waals surface area contributed by atoms with E-state index in [9.17, 15) is 4.79 Å². The van der Waals surface area contributed by atoms with Crippen molar-refractivity contribution in [3.63, 3.8) is 0 Å². The summed E-state index contributed by atoms with van der Waals surface area (Å²) in [5.74, 6) is 0.0988. The summed E-state index contributed by atoms with van der Waals surface area (Å²) < 4.78 is 5.82. The number of likely N-dealkylation sites (tertiary alicyclic amines) is 1. The van der Waals surface area contributed by atoms with Crippen molar-refractivity contribution in [2.45, 2.75) is 25.2 Å². The first-order valence-corrected chi connectivity index (χ1v) is 8.51. The van der Waals surface area contributed by atoms with E-state index in [1.165, 1.54) is 11.1 Å². The number of ether oxygens (including phenoxy) is 1. The van der Waals surface area contributed by atoms with Crippen LogP contribution >= 0.6 is 0 Å². The van der Waals surface area contributed by atoms with Gasteiger partial charge in [-0.3, -0.25) is 9.69 Å². The maximum atomic E-state index is 12.4. The average molecular weight is 322 g/mol. The molecule has 124 valence electrons. The first-order valence-electron chi connectivity index (χ1n) is 8.51. The van der Waals surface area contributed by atoms with Gasteiger partial charge in [0, 0.05) is 26.2 Å². The van der Waals surface area contributed by atoms with Crippen LogP contribution in [-0.4, -0.2) is 47.5 Å². The highest BCUT2D eigenvalue weighted by Gasteiger charge is 2.42. The number of amides is 1. The summed E-state index contributed by atoms with van der Waals surface area (Å²) in [5, 5.41) is 0. The molecule has 4 heteroatoms. The van der Waals surface area contributed by atoms with Crippen LogP contribution in [0.25, 0.3) is 0 Å². The second kappa shape index (κ2) is 6.75. The summed E-state index contributed by atoms with van der Waals surface area (Å²) >= 11 is 0. The van der Waals surface area contributed by atoms with E-state index < -0.39 is 0 Å². The summed E-state index contributed by atoms with van der Waals surface area (Å²) in [6.07, 6.45) is 0.120. The number of nitrogens with zero attached hydrogens (tertiary/aromatic N) is 2. The zero-order chi connectivity index (χ0) is 16.4. The number of carbonyl (C=O) groups is 1. The fourth-order valence-electron chi connectivity index (χ4n) is 3.70. The molecule has 2 saturated heterocycles. The first kappa shape index (κ1) is 15.4. The Morgan fingerprint density at radius 3 is 2.17 bits per heavy atom. The third kappa shape index (κ3) is 3.21. The summed E-state index contributed by atoms with van der Waals surface area (Å²) in [4.78, 5) is 16.8. The van der Waals surface area contributed by atoms with Crippen LogP contribution in [0.15, 0.2) is 60.7 Å². The van der Waals surface area contributed by atoms with Gasteiger partial charge < -0.3 is 9.64 Å². The maximum absolute atomic E-state index is 12.4. The second-order valence-electron chi connectivity index (χ2n) is 6.60. The minimum Gasteiger partial charge on any atom is -0.365 e. The molecule has 0 spiro atoms. The third-order valence-electron chi connectivity index (χ3n) is 4.90. The number of hydrogen-bond acceptors (Lipinski definition) is 3. The smallest absolute Gasteiger partial charge is 0.249 e. The van der Waals surface area contributed by atoms with Gasteiger partial charge in [0.1, 0.15) is 6.61 Å². The Kier molecular flexibility index (Phi) is 4.32. The molecule has 0 unspecified atom stereocenters. The zero-order valence-corrected chi connectivity index (χ0v) is 13.7. The third-order valence-corrected chi connectivity index (χ3v) is 4.90. The molecule has 2 aliphatic rings. The molecule has 2 fully saturated rings. The lowest BCUT2D eigenvalue weighted by atomic mass is 10.1. The van der Waals surface area contributed by atoms with Crippen LogP contribution in [-0.2, 0) is 22.6 Å². The van der Waals surface area contributed by atoms with E-state index in [0.29, 0.717) is 6.54 Å². The van der Waals surface area contributed by atoms with Gasteiger partial charge in [-0.1, -0.05) is 60.7 Å². The fourth-order valence-corrected chi connectivity index (χ4v) is 3.70. The van der Waals surface area contributed by atoms with E-state index in [2.05, 4.69) is 41.3 Å². The van der Waals surface area contributed by atoms with Crippen LogP contribution in [0.1, 0.15) is 11.1 Å². The van der Waals surface area contributed by atoms with Gasteiger partial charge in [-0.15, -0.1) is 0 Å². The summed E-state index contributed by atoms with van der Waals surface area (Å²) in [6.45, 7) is 3.54. The van der Waals surface area contributed by atoms with Gasteiger partial charge in [0.25, 0.3) is 0 Å². The number of rotatable bonds is 4. The van der Waals surface area contributed by atoms with Gasteiger partial charge in [0.2, 0.25) is 5.91 Å². The number of benzene rings is 2. The van der Waals surface area contributed by atoms with E-state index in [4.69, 9.17) is 4.74 Å². The molecule has 2 atom stereocenters. The molecule has 24 heavy (non-hydrogen) atoms. The van der Waals surface area contributed by atoms with E-state index in [-0.39, 0.29) is 24.7 Å². The normalized spacial score (nSPS) is 24.2. The lowest BCUT2D eigenvalue weighted by Crippen LogP contribution is -2.53. The highest BCUT2D eigenvalue weighted by Crippen LogP contribution is 2.26. The molecule has 0 saturated carbocycles. The molecule has 2 aliphatic heterocycles. The molecule has 4 nitrogen and oxygen atoms in total. The van der Waals surface area contributed by atoms with Gasteiger partial charge in [-0.25, -0.2) is 0 Å². The molecule has 0 bridgehead atoms.